The molecule has 0 saturated carbocycles. The maximum atomic E-state index is 10.2. The van der Waals surface area contributed by atoms with E-state index in [4.69, 9.17) is 4.74 Å². The number of hydrogen-bond donors (Lipinski definition) is 8. The summed E-state index contributed by atoms with van der Waals surface area (Å²) in [6.07, 6.45) is -3.50. The molecule has 4 rings (SSSR count). The fraction of sp³-hybridized carbons (Fsp3) is 0.111. The molecule has 0 bridgehead atoms. The predicted molar refractivity (Wildman–Crippen MR) is 101 cm³/mol. The van der Waals surface area contributed by atoms with Crippen LogP contribution >= 0.6 is 0 Å². The number of ether oxygens (including phenoxy) is 1. The summed E-state index contributed by atoms with van der Waals surface area (Å²) < 4.78 is 8.85. The Labute approximate surface area is 172 Å². The van der Waals surface area contributed by atoms with E-state index in [1.54, 1.807) is 0 Å². The van der Waals surface area contributed by atoms with E-state index in [9.17, 15) is 40.9 Å². The second-order valence-corrected chi connectivity index (χ2v) is 6.47. The van der Waals surface area contributed by atoms with Crippen molar-refractivity contribution in [2.24, 2.45) is 0 Å². The molecule has 0 atom stereocenters. The van der Waals surface area contributed by atoms with Crippen molar-refractivity contribution in [1.82, 2.24) is 18.3 Å². The molecule has 0 radical (unpaired) electrons. The minimum absolute atomic E-state index is 0.546. The zero-order valence-corrected chi connectivity index (χ0v) is 15.5. The van der Waals surface area contributed by atoms with Gasteiger partial charge in [-0.2, -0.15) is 0 Å². The normalized spacial score (nSPS) is 11.7. The zero-order chi connectivity index (χ0) is 22.4. The topological polar surface area (TPSA) is 191 Å². The molecule has 0 unspecified atom stereocenters. The van der Waals surface area contributed by atoms with Crippen molar-refractivity contribution in [3.63, 3.8) is 0 Å². The zero-order valence-electron chi connectivity index (χ0n) is 15.5. The number of aromatic nitrogens is 4. The second kappa shape index (κ2) is 7.07. The average molecular weight is 434 g/mol. The Kier molecular flexibility index (Phi) is 4.51. The van der Waals surface area contributed by atoms with Crippen molar-refractivity contribution >= 4 is 0 Å². The Hall–Kier alpha value is -4.52. The van der Waals surface area contributed by atoms with Gasteiger partial charge in [0, 0.05) is 48.5 Å². The molecular weight excluding hydrogens is 416 g/mol. The van der Waals surface area contributed by atoms with E-state index in [2.05, 4.69) is 0 Å². The third-order valence-corrected chi connectivity index (χ3v) is 4.63. The van der Waals surface area contributed by atoms with Crippen LogP contribution in [0.25, 0.3) is 0 Å². The lowest BCUT2D eigenvalue weighted by Crippen LogP contribution is -2.28. The SMILES string of the molecule is Oc1ccc(O)n1C(OC(n1c(O)ccc1O)n1c(O)ccc1O)n1c(O)ccc1O. The molecule has 164 valence electrons. The molecule has 4 aromatic rings. The van der Waals surface area contributed by atoms with Gasteiger partial charge < -0.3 is 40.9 Å². The first-order chi connectivity index (χ1) is 14.7. The molecule has 13 heteroatoms. The van der Waals surface area contributed by atoms with Crippen LogP contribution < -0.4 is 0 Å². The summed E-state index contributed by atoms with van der Waals surface area (Å²) in [5.74, 6) is -4.37. The number of rotatable bonds is 6. The molecule has 0 aromatic carbocycles. The summed E-state index contributed by atoms with van der Waals surface area (Å²) in [5, 5.41) is 81.7. The summed E-state index contributed by atoms with van der Waals surface area (Å²) in [7, 11) is 0. The lowest BCUT2D eigenvalue weighted by molar-refractivity contribution is -0.133. The average Bonchev–Trinajstić information content (AvgIpc) is 3.43. The summed E-state index contributed by atoms with van der Waals surface area (Å²) in [6, 6.07) is 8.84. The van der Waals surface area contributed by atoms with Crippen LogP contribution in [0.2, 0.25) is 0 Å². The van der Waals surface area contributed by atoms with E-state index in [-0.39, 0.29) is 0 Å². The summed E-state index contributed by atoms with van der Waals surface area (Å²) in [4.78, 5) is 0. The van der Waals surface area contributed by atoms with Crippen LogP contribution in [0.1, 0.15) is 12.7 Å². The van der Waals surface area contributed by atoms with E-state index in [0.717, 1.165) is 66.8 Å². The standard InChI is InChI=1S/C18H18N4O9/c23-9-1-2-10(24)19(9)17(20-11(25)3-4-12(20)26)31-18(21-13(27)5-6-14(21)28)22-15(29)7-8-16(22)30/h1-8,17-18,23-30H. The largest absolute Gasteiger partial charge is 0.494 e. The van der Waals surface area contributed by atoms with Gasteiger partial charge in [0.15, 0.2) is 47.0 Å². The molecular formula is C18H18N4O9. The molecule has 8 N–H and O–H groups in total. The first kappa shape index (κ1) is 19.8. The van der Waals surface area contributed by atoms with Crippen LogP contribution in [0, 0.1) is 0 Å². The smallest absolute Gasteiger partial charge is 0.231 e. The fourth-order valence-electron chi connectivity index (χ4n) is 3.20. The monoisotopic (exact) mass is 434 g/mol. The first-order valence-corrected chi connectivity index (χ1v) is 8.72. The van der Waals surface area contributed by atoms with E-state index in [0.29, 0.717) is 0 Å². The third-order valence-electron chi connectivity index (χ3n) is 4.63. The lowest BCUT2D eigenvalue weighted by Gasteiger charge is -2.30. The maximum absolute atomic E-state index is 10.2. The summed E-state index contributed by atoms with van der Waals surface area (Å²) in [6.45, 7) is 0. The van der Waals surface area contributed by atoms with Crippen LogP contribution in [0.15, 0.2) is 48.5 Å². The van der Waals surface area contributed by atoms with Gasteiger partial charge in [0.05, 0.1) is 0 Å². The van der Waals surface area contributed by atoms with Gasteiger partial charge in [0.2, 0.25) is 12.7 Å². The minimum atomic E-state index is -1.75. The van der Waals surface area contributed by atoms with Gasteiger partial charge in [-0.25, -0.2) is 18.3 Å². The van der Waals surface area contributed by atoms with Crippen LogP contribution in [0.5, 0.6) is 47.0 Å². The van der Waals surface area contributed by atoms with E-state index in [1.807, 2.05) is 0 Å². The Bertz CT molecular complexity index is 970. The summed E-state index contributed by atoms with van der Waals surface area (Å²) in [5.41, 5.74) is 0. The van der Waals surface area contributed by atoms with Gasteiger partial charge >= 0.3 is 0 Å². The van der Waals surface area contributed by atoms with Gasteiger partial charge in [-0.05, 0) is 0 Å². The Morgan fingerprint density at radius 1 is 0.387 bits per heavy atom. The number of aromatic hydroxyl groups is 8. The van der Waals surface area contributed by atoms with Crippen molar-refractivity contribution in [3.05, 3.63) is 48.5 Å². The number of hydrogen-bond acceptors (Lipinski definition) is 9. The molecule has 0 spiro atoms. The minimum Gasteiger partial charge on any atom is -0.494 e. The highest BCUT2D eigenvalue weighted by atomic mass is 16.6. The molecule has 31 heavy (non-hydrogen) atoms. The van der Waals surface area contributed by atoms with Crippen LogP contribution in [-0.4, -0.2) is 59.1 Å². The number of nitrogens with zero attached hydrogens (tertiary/aromatic N) is 4. The highest BCUT2D eigenvalue weighted by molar-refractivity contribution is 5.31. The quantitative estimate of drug-likeness (QED) is 0.221. The van der Waals surface area contributed by atoms with Crippen LogP contribution in [-0.2, 0) is 4.74 Å². The van der Waals surface area contributed by atoms with E-state index < -0.39 is 59.7 Å². The van der Waals surface area contributed by atoms with Gasteiger partial charge in [0.25, 0.3) is 0 Å². The highest BCUT2D eigenvalue weighted by Gasteiger charge is 2.33. The van der Waals surface area contributed by atoms with Crippen LogP contribution in [0.3, 0.4) is 0 Å². The van der Waals surface area contributed by atoms with Gasteiger partial charge in [-0.1, -0.05) is 0 Å². The predicted octanol–water partition coefficient (Wildman–Crippen LogP) is 1.26. The fourth-order valence-corrected chi connectivity index (χ4v) is 3.20. The first-order valence-electron chi connectivity index (χ1n) is 8.72. The second-order valence-electron chi connectivity index (χ2n) is 6.47. The molecule has 0 amide bonds. The molecule has 0 aliphatic heterocycles. The Morgan fingerprint density at radius 3 is 0.710 bits per heavy atom. The third kappa shape index (κ3) is 3.08. The summed E-state index contributed by atoms with van der Waals surface area (Å²) >= 11 is 0. The van der Waals surface area contributed by atoms with Crippen molar-refractivity contribution in [1.29, 1.82) is 0 Å². The molecule has 4 heterocycles. The van der Waals surface area contributed by atoms with Crippen molar-refractivity contribution in [3.8, 4) is 47.0 Å². The van der Waals surface area contributed by atoms with Crippen molar-refractivity contribution < 1.29 is 45.6 Å². The molecule has 4 aromatic heterocycles. The Balaban J connectivity index is 1.94. The highest BCUT2D eigenvalue weighted by Crippen LogP contribution is 2.41. The molecule has 0 aliphatic rings. The van der Waals surface area contributed by atoms with Crippen molar-refractivity contribution in [2.75, 3.05) is 0 Å². The Morgan fingerprint density at radius 2 is 0.548 bits per heavy atom. The van der Waals surface area contributed by atoms with Crippen molar-refractivity contribution in [2.45, 2.75) is 12.7 Å². The van der Waals surface area contributed by atoms with Gasteiger partial charge in [-0.3, -0.25) is 4.74 Å². The van der Waals surface area contributed by atoms with Gasteiger partial charge in [-0.15, -0.1) is 0 Å². The maximum Gasteiger partial charge on any atom is 0.231 e. The molecule has 13 nitrogen and oxygen atoms in total. The van der Waals surface area contributed by atoms with E-state index in [1.165, 1.54) is 0 Å². The van der Waals surface area contributed by atoms with Gasteiger partial charge in [0.1, 0.15) is 0 Å². The lowest BCUT2D eigenvalue weighted by atomic mass is 10.6. The molecule has 0 aliphatic carbocycles. The molecule has 0 saturated heterocycles. The molecule has 0 fully saturated rings. The van der Waals surface area contributed by atoms with Crippen LogP contribution in [0.4, 0.5) is 0 Å². The van der Waals surface area contributed by atoms with E-state index >= 15 is 0 Å².